The maximum Gasteiger partial charge on any atom is 0.241 e. The Kier molecular flexibility index (Phi) is 8.93. The number of amides is 1. The fraction of sp³-hybridized carbons (Fsp3) is 0.364. The van der Waals surface area contributed by atoms with Gasteiger partial charge in [-0.05, 0) is 62.5 Å². The molecule has 0 aliphatic rings. The zero-order chi connectivity index (χ0) is 21.1. The van der Waals surface area contributed by atoms with Gasteiger partial charge in [-0.2, -0.15) is 5.26 Å². The summed E-state index contributed by atoms with van der Waals surface area (Å²) in [5.41, 5.74) is 0.727. The van der Waals surface area contributed by atoms with E-state index in [1.807, 2.05) is 43.1 Å². The average molecular weight is 399 g/mol. The highest BCUT2D eigenvalue weighted by Crippen LogP contribution is 2.20. The summed E-state index contributed by atoms with van der Waals surface area (Å²) in [6.07, 6.45) is 0.246. The van der Waals surface area contributed by atoms with E-state index in [4.69, 9.17) is 14.7 Å². The summed E-state index contributed by atoms with van der Waals surface area (Å²) >= 11 is 0. The van der Waals surface area contributed by atoms with Crippen molar-refractivity contribution in [3.63, 3.8) is 0 Å². The van der Waals surface area contributed by atoms with Crippen LogP contribution >= 0.6 is 0 Å². The van der Waals surface area contributed by atoms with Gasteiger partial charge in [0.1, 0.15) is 23.9 Å². The lowest BCUT2D eigenvalue weighted by Gasteiger charge is -2.25. The molecule has 1 amide bonds. The van der Waals surface area contributed by atoms with E-state index in [2.05, 4.69) is 6.07 Å². The van der Waals surface area contributed by atoms with Gasteiger partial charge in [0.25, 0.3) is 0 Å². The summed E-state index contributed by atoms with van der Waals surface area (Å²) in [5, 5.41) is 8.92. The summed E-state index contributed by atoms with van der Waals surface area (Å²) < 4.78 is 23.9. The van der Waals surface area contributed by atoms with E-state index in [0.29, 0.717) is 32.1 Å². The van der Waals surface area contributed by atoms with Gasteiger partial charge in [0.15, 0.2) is 0 Å². The zero-order valence-electron chi connectivity index (χ0n) is 16.8. The van der Waals surface area contributed by atoms with Crippen molar-refractivity contribution in [3.05, 3.63) is 54.3 Å². The molecule has 154 valence electrons. The molecule has 0 N–H and O–H groups in total. The number of anilines is 1. The summed E-state index contributed by atoms with van der Waals surface area (Å²) in [6, 6.07) is 15.2. The van der Waals surface area contributed by atoms with Gasteiger partial charge in [0, 0.05) is 18.8 Å². The molecule has 7 heteroatoms. The van der Waals surface area contributed by atoms with Gasteiger partial charge >= 0.3 is 0 Å². The average Bonchev–Trinajstić information content (AvgIpc) is 2.71. The molecule has 2 aromatic rings. The predicted octanol–water partition coefficient (Wildman–Crippen LogP) is 3.48. The van der Waals surface area contributed by atoms with Crippen molar-refractivity contribution >= 4 is 11.6 Å². The largest absolute Gasteiger partial charge is 0.494 e. The second-order valence-corrected chi connectivity index (χ2v) is 6.42. The topological polar surface area (TPSA) is 65.8 Å². The SMILES string of the molecule is CCOc1ccc(N(CCC#N)C(=O)CN(C)CCOc2ccc(F)cc2)cc1. The maximum atomic E-state index is 12.9. The summed E-state index contributed by atoms with van der Waals surface area (Å²) in [5.74, 6) is 0.899. The number of ether oxygens (including phenoxy) is 2. The number of rotatable bonds is 11. The lowest BCUT2D eigenvalue weighted by molar-refractivity contribution is -0.119. The Morgan fingerprint density at radius 1 is 1.03 bits per heavy atom. The minimum Gasteiger partial charge on any atom is -0.494 e. The minimum absolute atomic E-state index is 0.103. The first-order valence-corrected chi connectivity index (χ1v) is 9.50. The van der Waals surface area contributed by atoms with Crippen LogP contribution in [0.5, 0.6) is 11.5 Å². The molecule has 0 saturated heterocycles. The molecule has 0 aliphatic heterocycles. The molecule has 29 heavy (non-hydrogen) atoms. The molecular weight excluding hydrogens is 373 g/mol. The third kappa shape index (κ3) is 7.43. The predicted molar refractivity (Wildman–Crippen MR) is 110 cm³/mol. The lowest BCUT2D eigenvalue weighted by atomic mass is 10.2. The molecule has 0 bridgehead atoms. The normalized spacial score (nSPS) is 10.4. The van der Waals surface area contributed by atoms with E-state index >= 15 is 0 Å². The Morgan fingerprint density at radius 2 is 1.66 bits per heavy atom. The highest BCUT2D eigenvalue weighted by Gasteiger charge is 2.17. The van der Waals surface area contributed by atoms with Crippen LogP contribution < -0.4 is 14.4 Å². The van der Waals surface area contributed by atoms with Crippen molar-refractivity contribution in [2.24, 2.45) is 0 Å². The second-order valence-electron chi connectivity index (χ2n) is 6.42. The van der Waals surface area contributed by atoms with Crippen LogP contribution in [0.1, 0.15) is 13.3 Å². The molecule has 0 atom stereocenters. The third-order valence-corrected chi connectivity index (χ3v) is 4.17. The van der Waals surface area contributed by atoms with Crippen LogP contribution in [-0.4, -0.2) is 50.7 Å². The van der Waals surface area contributed by atoms with E-state index in [9.17, 15) is 9.18 Å². The van der Waals surface area contributed by atoms with Crippen LogP contribution in [0.25, 0.3) is 0 Å². The van der Waals surface area contributed by atoms with Gasteiger partial charge in [0.05, 0.1) is 25.6 Å². The first kappa shape index (κ1) is 22.2. The first-order valence-electron chi connectivity index (χ1n) is 9.50. The van der Waals surface area contributed by atoms with E-state index in [1.165, 1.54) is 12.1 Å². The van der Waals surface area contributed by atoms with Gasteiger partial charge in [-0.1, -0.05) is 0 Å². The summed E-state index contributed by atoms with van der Waals surface area (Å²) in [4.78, 5) is 16.3. The smallest absolute Gasteiger partial charge is 0.241 e. The van der Waals surface area contributed by atoms with Gasteiger partial charge in [-0.15, -0.1) is 0 Å². The fourth-order valence-corrected chi connectivity index (χ4v) is 2.69. The van der Waals surface area contributed by atoms with E-state index in [-0.39, 0.29) is 24.7 Å². The number of benzene rings is 2. The molecule has 0 saturated carbocycles. The molecule has 0 unspecified atom stereocenters. The van der Waals surface area contributed by atoms with E-state index < -0.39 is 0 Å². The number of likely N-dealkylation sites (N-methyl/N-ethyl adjacent to an activating group) is 1. The number of carbonyl (C=O) groups is 1. The molecule has 0 aliphatic carbocycles. The van der Waals surface area contributed by atoms with Gasteiger partial charge in [-0.3, -0.25) is 9.69 Å². The van der Waals surface area contributed by atoms with Crippen LogP contribution in [-0.2, 0) is 4.79 Å². The minimum atomic E-state index is -0.313. The van der Waals surface area contributed by atoms with Crippen molar-refractivity contribution in [3.8, 4) is 17.6 Å². The molecule has 0 spiro atoms. The molecule has 0 aromatic heterocycles. The van der Waals surface area contributed by atoms with E-state index in [1.54, 1.807) is 17.0 Å². The van der Waals surface area contributed by atoms with E-state index in [0.717, 1.165) is 11.4 Å². The fourth-order valence-electron chi connectivity index (χ4n) is 2.69. The monoisotopic (exact) mass is 399 g/mol. The number of hydrogen-bond acceptors (Lipinski definition) is 5. The lowest BCUT2D eigenvalue weighted by Crippen LogP contribution is -2.40. The Bertz CT molecular complexity index is 804. The molecule has 0 radical (unpaired) electrons. The number of hydrogen-bond donors (Lipinski definition) is 0. The van der Waals surface area contributed by atoms with Gasteiger partial charge in [0.2, 0.25) is 5.91 Å². The zero-order valence-corrected chi connectivity index (χ0v) is 16.8. The first-order chi connectivity index (χ1) is 14.0. The Hall–Kier alpha value is -3.11. The molecule has 0 heterocycles. The Labute approximate surface area is 171 Å². The molecule has 6 nitrogen and oxygen atoms in total. The van der Waals surface area contributed by atoms with Crippen molar-refractivity contribution in [2.45, 2.75) is 13.3 Å². The number of nitriles is 1. The Balaban J connectivity index is 1.90. The maximum absolute atomic E-state index is 12.9. The standard InChI is InChI=1S/C22H26FN3O3/c1-3-28-20-11-7-19(8-12-20)26(14-4-13-24)22(27)17-25(2)15-16-29-21-9-5-18(23)6-10-21/h5-12H,3-4,14-17H2,1-2H3. The molecular formula is C22H26FN3O3. The number of halogens is 1. The van der Waals surface area contributed by atoms with Crippen LogP contribution in [0.15, 0.2) is 48.5 Å². The molecule has 0 fully saturated rings. The van der Waals surface area contributed by atoms with Crippen molar-refractivity contribution in [1.82, 2.24) is 4.90 Å². The molecule has 2 rings (SSSR count). The Morgan fingerprint density at radius 3 is 2.28 bits per heavy atom. The highest BCUT2D eigenvalue weighted by atomic mass is 19.1. The summed E-state index contributed by atoms with van der Waals surface area (Å²) in [7, 11) is 1.83. The van der Waals surface area contributed by atoms with Crippen LogP contribution in [0.3, 0.4) is 0 Å². The second kappa shape index (κ2) is 11.7. The summed E-state index contributed by atoms with van der Waals surface area (Å²) in [6.45, 7) is 3.89. The van der Waals surface area contributed by atoms with Crippen LogP contribution in [0.2, 0.25) is 0 Å². The number of carbonyl (C=O) groups excluding carboxylic acids is 1. The van der Waals surface area contributed by atoms with Gasteiger partial charge in [-0.25, -0.2) is 4.39 Å². The van der Waals surface area contributed by atoms with Crippen LogP contribution in [0, 0.1) is 17.1 Å². The van der Waals surface area contributed by atoms with Crippen molar-refractivity contribution < 1.29 is 18.7 Å². The van der Waals surface area contributed by atoms with Gasteiger partial charge < -0.3 is 14.4 Å². The third-order valence-electron chi connectivity index (χ3n) is 4.17. The van der Waals surface area contributed by atoms with Crippen molar-refractivity contribution in [1.29, 1.82) is 5.26 Å². The molecule has 2 aromatic carbocycles. The van der Waals surface area contributed by atoms with Crippen LogP contribution in [0.4, 0.5) is 10.1 Å². The number of nitrogens with zero attached hydrogens (tertiary/aromatic N) is 3. The quantitative estimate of drug-likeness (QED) is 0.579. The highest BCUT2D eigenvalue weighted by molar-refractivity contribution is 5.94. The van der Waals surface area contributed by atoms with Crippen molar-refractivity contribution in [2.75, 3.05) is 44.8 Å².